The van der Waals surface area contributed by atoms with Gasteiger partial charge in [-0.15, -0.1) is 11.3 Å². The fraction of sp³-hybridized carbons (Fsp3) is 0.615. The summed E-state index contributed by atoms with van der Waals surface area (Å²) in [7, 11) is 0. The highest BCUT2D eigenvalue weighted by molar-refractivity contribution is 9.10. The lowest BCUT2D eigenvalue weighted by molar-refractivity contribution is -0.131. The SMILES string of the molecule is CCC1CCC(=O)N(Cc2sccc2Br)CC1. The van der Waals surface area contributed by atoms with Gasteiger partial charge in [0.25, 0.3) is 0 Å². The molecule has 94 valence electrons. The van der Waals surface area contributed by atoms with Gasteiger partial charge in [0.15, 0.2) is 0 Å². The van der Waals surface area contributed by atoms with Gasteiger partial charge in [0.05, 0.1) is 6.54 Å². The highest BCUT2D eigenvalue weighted by atomic mass is 79.9. The smallest absolute Gasteiger partial charge is 0.222 e. The molecule has 1 amide bonds. The number of amides is 1. The van der Waals surface area contributed by atoms with Gasteiger partial charge in [0.1, 0.15) is 0 Å². The summed E-state index contributed by atoms with van der Waals surface area (Å²) in [5, 5.41) is 2.07. The Labute approximate surface area is 115 Å². The van der Waals surface area contributed by atoms with Crippen molar-refractivity contribution in [2.75, 3.05) is 6.54 Å². The molecule has 4 heteroatoms. The van der Waals surface area contributed by atoms with Crippen molar-refractivity contribution in [1.29, 1.82) is 0 Å². The Morgan fingerprint density at radius 3 is 3.00 bits per heavy atom. The van der Waals surface area contributed by atoms with Gasteiger partial charge in [-0.05, 0) is 46.1 Å². The van der Waals surface area contributed by atoms with Crippen LogP contribution in [0.4, 0.5) is 0 Å². The second-order valence-corrected chi connectivity index (χ2v) is 6.46. The fourth-order valence-corrected chi connectivity index (χ4v) is 3.77. The Bertz CT molecular complexity index is 391. The minimum atomic E-state index is 0.321. The Hall–Kier alpha value is -0.350. The molecule has 0 aromatic carbocycles. The number of halogens is 1. The van der Waals surface area contributed by atoms with Gasteiger partial charge in [-0.25, -0.2) is 0 Å². The Morgan fingerprint density at radius 2 is 2.35 bits per heavy atom. The number of hydrogen-bond donors (Lipinski definition) is 0. The van der Waals surface area contributed by atoms with E-state index in [9.17, 15) is 4.79 Å². The predicted octanol–water partition coefficient (Wildman–Crippen LogP) is 4.05. The minimum Gasteiger partial charge on any atom is -0.338 e. The maximum atomic E-state index is 12.0. The van der Waals surface area contributed by atoms with Gasteiger partial charge in [-0.3, -0.25) is 4.79 Å². The minimum absolute atomic E-state index is 0.321. The summed E-state index contributed by atoms with van der Waals surface area (Å²) in [6.07, 6.45) is 4.15. The molecule has 0 N–H and O–H groups in total. The fourth-order valence-electron chi connectivity index (χ4n) is 2.28. The molecule has 1 aromatic heterocycles. The van der Waals surface area contributed by atoms with Crippen LogP contribution in [0.25, 0.3) is 0 Å². The highest BCUT2D eigenvalue weighted by Crippen LogP contribution is 2.27. The van der Waals surface area contributed by atoms with E-state index in [0.717, 1.165) is 42.7 Å². The first-order valence-electron chi connectivity index (χ1n) is 6.20. The van der Waals surface area contributed by atoms with Gasteiger partial charge >= 0.3 is 0 Å². The van der Waals surface area contributed by atoms with Gasteiger partial charge in [0.2, 0.25) is 5.91 Å². The molecule has 1 fully saturated rings. The van der Waals surface area contributed by atoms with Gasteiger partial charge in [0, 0.05) is 22.3 Å². The van der Waals surface area contributed by atoms with Crippen molar-refractivity contribution < 1.29 is 4.79 Å². The van der Waals surface area contributed by atoms with Crippen LogP contribution in [0.1, 0.15) is 37.5 Å². The lowest BCUT2D eigenvalue weighted by Gasteiger charge is -2.20. The summed E-state index contributed by atoms with van der Waals surface area (Å²) in [5.41, 5.74) is 0. The summed E-state index contributed by atoms with van der Waals surface area (Å²) >= 11 is 5.25. The van der Waals surface area contributed by atoms with Crippen molar-refractivity contribution in [3.05, 3.63) is 20.8 Å². The molecule has 1 aliphatic rings. The number of nitrogens with zero attached hydrogens (tertiary/aromatic N) is 1. The molecule has 2 nitrogen and oxygen atoms in total. The largest absolute Gasteiger partial charge is 0.338 e. The van der Waals surface area contributed by atoms with Crippen molar-refractivity contribution in [2.24, 2.45) is 5.92 Å². The van der Waals surface area contributed by atoms with Crippen LogP contribution >= 0.6 is 27.3 Å². The van der Waals surface area contributed by atoms with Crippen molar-refractivity contribution in [3.63, 3.8) is 0 Å². The van der Waals surface area contributed by atoms with E-state index < -0.39 is 0 Å². The van der Waals surface area contributed by atoms with Crippen LogP contribution in [-0.2, 0) is 11.3 Å². The van der Waals surface area contributed by atoms with Crippen LogP contribution in [0.2, 0.25) is 0 Å². The summed E-state index contributed by atoms with van der Waals surface area (Å²) in [4.78, 5) is 15.3. The highest BCUT2D eigenvalue weighted by Gasteiger charge is 2.22. The third kappa shape index (κ3) is 3.32. The molecule has 1 aliphatic heterocycles. The van der Waals surface area contributed by atoms with Crippen LogP contribution < -0.4 is 0 Å². The average molecular weight is 316 g/mol. The average Bonchev–Trinajstić information content (AvgIpc) is 2.63. The zero-order chi connectivity index (χ0) is 12.3. The number of likely N-dealkylation sites (tertiary alicyclic amines) is 1. The van der Waals surface area contributed by atoms with Crippen molar-refractivity contribution >= 4 is 33.2 Å². The van der Waals surface area contributed by atoms with E-state index in [1.54, 1.807) is 11.3 Å². The van der Waals surface area contributed by atoms with E-state index in [4.69, 9.17) is 0 Å². The van der Waals surface area contributed by atoms with Crippen LogP contribution in [-0.4, -0.2) is 17.4 Å². The first kappa shape index (κ1) is 13.1. The van der Waals surface area contributed by atoms with Gasteiger partial charge in [-0.1, -0.05) is 13.3 Å². The third-order valence-corrected chi connectivity index (χ3v) is 5.44. The van der Waals surface area contributed by atoms with E-state index in [0.29, 0.717) is 5.91 Å². The van der Waals surface area contributed by atoms with E-state index in [2.05, 4.69) is 34.3 Å². The first-order valence-corrected chi connectivity index (χ1v) is 7.87. The molecule has 0 saturated carbocycles. The quantitative estimate of drug-likeness (QED) is 0.824. The molecule has 0 aliphatic carbocycles. The van der Waals surface area contributed by atoms with Crippen molar-refractivity contribution in [2.45, 2.75) is 39.2 Å². The van der Waals surface area contributed by atoms with Gasteiger partial charge < -0.3 is 4.90 Å². The molecule has 0 spiro atoms. The van der Waals surface area contributed by atoms with E-state index in [1.807, 2.05) is 4.90 Å². The zero-order valence-corrected chi connectivity index (χ0v) is 12.5. The molecular formula is C13H18BrNOS. The van der Waals surface area contributed by atoms with Crippen LogP contribution in [0.3, 0.4) is 0 Å². The molecule has 2 rings (SSSR count). The lowest BCUT2D eigenvalue weighted by Crippen LogP contribution is -2.29. The maximum Gasteiger partial charge on any atom is 0.222 e. The van der Waals surface area contributed by atoms with E-state index in [1.165, 1.54) is 11.3 Å². The second-order valence-electron chi connectivity index (χ2n) is 4.61. The van der Waals surface area contributed by atoms with Crippen molar-refractivity contribution in [1.82, 2.24) is 4.90 Å². The zero-order valence-electron chi connectivity index (χ0n) is 10.1. The Kier molecular flexibility index (Phi) is 4.62. The Balaban J connectivity index is 2.00. The standard InChI is InChI=1S/C13H18BrNOS/c1-2-10-3-4-13(16)15(7-5-10)9-12-11(14)6-8-17-12/h6,8,10H,2-5,7,9H2,1H3. The Morgan fingerprint density at radius 1 is 1.53 bits per heavy atom. The molecule has 1 unspecified atom stereocenters. The lowest BCUT2D eigenvalue weighted by atomic mass is 9.98. The molecule has 0 radical (unpaired) electrons. The first-order chi connectivity index (χ1) is 8.20. The second kappa shape index (κ2) is 6.01. The summed E-state index contributed by atoms with van der Waals surface area (Å²) in [6.45, 7) is 3.91. The summed E-state index contributed by atoms with van der Waals surface area (Å²) in [5.74, 6) is 1.05. The number of carbonyl (C=O) groups is 1. The molecule has 1 aromatic rings. The van der Waals surface area contributed by atoms with Crippen molar-refractivity contribution in [3.8, 4) is 0 Å². The number of hydrogen-bond acceptors (Lipinski definition) is 2. The van der Waals surface area contributed by atoms with Crippen LogP contribution in [0.15, 0.2) is 15.9 Å². The van der Waals surface area contributed by atoms with E-state index in [-0.39, 0.29) is 0 Å². The monoisotopic (exact) mass is 315 g/mol. The maximum absolute atomic E-state index is 12.0. The van der Waals surface area contributed by atoms with Crippen LogP contribution in [0, 0.1) is 5.92 Å². The molecule has 2 heterocycles. The molecule has 1 saturated heterocycles. The topological polar surface area (TPSA) is 20.3 Å². The molecule has 1 atom stereocenters. The third-order valence-electron chi connectivity index (χ3n) is 3.53. The molecule has 17 heavy (non-hydrogen) atoms. The van der Waals surface area contributed by atoms with Crippen LogP contribution in [0.5, 0.6) is 0 Å². The predicted molar refractivity (Wildman–Crippen MR) is 75.1 cm³/mol. The number of carbonyl (C=O) groups excluding carboxylic acids is 1. The summed E-state index contributed by atoms with van der Waals surface area (Å²) < 4.78 is 1.13. The normalized spacial score (nSPS) is 21.6. The number of thiophene rings is 1. The molecule has 0 bridgehead atoms. The van der Waals surface area contributed by atoms with Gasteiger partial charge in [-0.2, -0.15) is 0 Å². The molecular weight excluding hydrogens is 298 g/mol. The van der Waals surface area contributed by atoms with E-state index >= 15 is 0 Å². The summed E-state index contributed by atoms with van der Waals surface area (Å²) in [6, 6.07) is 2.05. The number of rotatable bonds is 3.